The van der Waals surface area contributed by atoms with Crippen LogP contribution in [-0.4, -0.2) is 26.7 Å². The number of nitrogens with one attached hydrogen (secondary N) is 2. The van der Waals surface area contributed by atoms with Crippen LogP contribution in [-0.2, 0) is 0 Å². The molecule has 1 saturated carbocycles. The smallest absolute Gasteiger partial charge is 0.191 e. The molecule has 0 saturated heterocycles. The molecule has 2 N–H and O–H groups in total. The number of rotatable bonds is 4. The standard InChI is InChI=1S/C13H16BrN5/c1-8(13-16-18-19-17-13)15-12-6-10(7-12)9-3-2-4-11(14)5-9/h2-5,8,10,12,15H,6-7H2,1H3,(H,16,17,18,19). The first-order chi connectivity index (χ1) is 9.22. The van der Waals surface area contributed by atoms with E-state index >= 15 is 0 Å². The van der Waals surface area contributed by atoms with E-state index in [0.717, 1.165) is 10.3 Å². The van der Waals surface area contributed by atoms with Gasteiger partial charge >= 0.3 is 0 Å². The number of aromatic amines is 1. The van der Waals surface area contributed by atoms with E-state index in [1.54, 1.807) is 0 Å². The van der Waals surface area contributed by atoms with E-state index in [4.69, 9.17) is 0 Å². The predicted octanol–water partition coefficient (Wildman–Crippen LogP) is 2.56. The summed E-state index contributed by atoms with van der Waals surface area (Å²) in [6, 6.07) is 9.26. The fraction of sp³-hybridized carbons (Fsp3) is 0.462. The van der Waals surface area contributed by atoms with Gasteiger partial charge in [-0.25, -0.2) is 0 Å². The fourth-order valence-corrected chi connectivity index (χ4v) is 2.98. The lowest BCUT2D eigenvalue weighted by molar-refractivity contribution is 0.267. The van der Waals surface area contributed by atoms with Crippen molar-refractivity contribution in [2.24, 2.45) is 0 Å². The molecule has 0 bridgehead atoms. The second kappa shape index (κ2) is 5.38. The molecule has 6 heteroatoms. The molecule has 3 rings (SSSR count). The Kier molecular flexibility index (Phi) is 3.61. The molecule has 5 nitrogen and oxygen atoms in total. The van der Waals surface area contributed by atoms with Crippen LogP contribution in [0.15, 0.2) is 28.7 Å². The van der Waals surface area contributed by atoms with Gasteiger partial charge in [0.25, 0.3) is 0 Å². The van der Waals surface area contributed by atoms with Crippen LogP contribution in [0.4, 0.5) is 0 Å². The Balaban J connectivity index is 1.53. The zero-order valence-corrected chi connectivity index (χ0v) is 12.3. The number of hydrogen-bond donors (Lipinski definition) is 2. The van der Waals surface area contributed by atoms with Gasteiger partial charge in [-0.1, -0.05) is 33.3 Å². The molecular formula is C13H16BrN5. The molecule has 1 aliphatic carbocycles. The normalized spacial score (nSPS) is 23.9. The van der Waals surface area contributed by atoms with Crippen LogP contribution in [0.1, 0.15) is 43.1 Å². The van der Waals surface area contributed by atoms with Crippen LogP contribution in [0.2, 0.25) is 0 Å². The lowest BCUT2D eigenvalue weighted by atomic mass is 9.75. The highest BCUT2D eigenvalue weighted by Gasteiger charge is 2.31. The van der Waals surface area contributed by atoms with Gasteiger partial charge in [-0.15, -0.1) is 10.2 Å². The van der Waals surface area contributed by atoms with Crippen molar-refractivity contribution in [1.29, 1.82) is 0 Å². The van der Waals surface area contributed by atoms with Crippen LogP contribution >= 0.6 is 15.9 Å². The number of H-pyrrole nitrogens is 1. The average molecular weight is 322 g/mol. The molecule has 19 heavy (non-hydrogen) atoms. The maximum atomic E-state index is 4.00. The fourth-order valence-electron chi connectivity index (χ4n) is 2.57. The SMILES string of the molecule is CC(NC1CC(c2cccc(Br)c2)C1)c1nn[nH]n1. The van der Waals surface area contributed by atoms with Gasteiger partial charge in [-0.2, -0.15) is 5.21 Å². The summed E-state index contributed by atoms with van der Waals surface area (Å²) in [6.07, 6.45) is 2.33. The molecule has 1 aliphatic rings. The van der Waals surface area contributed by atoms with E-state index in [0.29, 0.717) is 12.0 Å². The molecule has 0 aliphatic heterocycles. The van der Waals surface area contributed by atoms with Gasteiger partial charge in [-0.3, -0.25) is 0 Å². The molecular weight excluding hydrogens is 306 g/mol. The van der Waals surface area contributed by atoms with Gasteiger partial charge in [0.05, 0.1) is 6.04 Å². The minimum absolute atomic E-state index is 0.146. The van der Waals surface area contributed by atoms with E-state index in [-0.39, 0.29) is 6.04 Å². The van der Waals surface area contributed by atoms with Gasteiger partial charge in [-0.05, 0) is 43.4 Å². The number of benzene rings is 1. The topological polar surface area (TPSA) is 66.5 Å². The Morgan fingerprint density at radius 2 is 2.26 bits per heavy atom. The maximum Gasteiger partial charge on any atom is 0.191 e. The van der Waals surface area contributed by atoms with Crippen molar-refractivity contribution < 1.29 is 0 Å². The first-order valence-corrected chi connectivity index (χ1v) is 7.26. The van der Waals surface area contributed by atoms with Crippen molar-refractivity contribution in [2.75, 3.05) is 0 Å². The van der Waals surface area contributed by atoms with Crippen LogP contribution in [0.25, 0.3) is 0 Å². The largest absolute Gasteiger partial charge is 0.305 e. The van der Waals surface area contributed by atoms with Gasteiger partial charge in [0, 0.05) is 10.5 Å². The van der Waals surface area contributed by atoms with Crippen LogP contribution < -0.4 is 5.32 Å². The molecule has 1 aromatic carbocycles. The highest BCUT2D eigenvalue weighted by molar-refractivity contribution is 9.10. The molecule has 1 unspecified atom stereocenters. The van der Waals surface area contributed by atoms with Crippen LogP contribution in [0.3, 0.4) is 0 Å². The predicted molar refractivity (Wildman–Crippen MR) is 75.6 cm³/mol. The molecule has 100 valence electrons. The third-order valence-corrected chi connectivity index (χ3v) is 4.19. The Bertz CT molecular complexity index is 536. The summed E-state index contributed by atoms with van der Waals surface area (Å²) in [4.78, 5) is 0. The highest BCUT2D eigenvalue weighted by Crippen LogP contribution is 2.38. The molecule has 0 radical (unpaired) electrons. The molecule has 1 atom stereocenters. The quantitative estimate of drug-likeness (QED) is 0.908. The summed E-state index contributed by atoms with van der Waals surface area (Å²) in [5, 5.41) is 17.6. The number of nitrogens with zero attached hydrogens (tertiary/aromatic N) is 3. The van der Waals surface area contributed by atoms with Gasteiger partial charge < -0.3 is 5.32 Å². The summed E-state index contributed by atoms with van der Waals surface area (Å²) >= 11 is 3.52. The van der Waals surface area contributed by atoms with Crippen molar-refractivity contribution >= 4 is 15.9 Å². The molecule has 1 fully saturated rings. The maximum absolute atomic E-state index is 4.00. The van der Waals surface area contributed by atoms with Gasteiger partial charge in [0.2, 0.25) is 0 Å². The highest BCUT2D eigenvalue weighted by atomic mass is 79.9. The zero-order chi connectivity index (χ0) is 13.2. The molecule has 1 heterocycles. The molecule has 2 aromatic rings. The number of aromatic nitrogens is 4. The summed E-state index contributed by atoms with van der Waals surface area (Å²) in [5.41, 5.74) is 1.42. The Labute approximate surface area is 120 Å². The van der Waals surface area contributed by atoms with Crippen LogP contribution in [0, 0.1) is 0 Å². The third kappa shape index (κ3) is 2.84. The van der Waals surface area contributed by atoms with E-state index < -0.39 is 0 Å². The Morgan fingerprint density at radius 3 is 2.95 bits per heavy atom. The lowest BCUT2D eigenvalue weighted by Crippen LogP contribution is -2.41. The first kappa shape index (κ1) is 12.7. The second-order valence-corrected chi connectivity index (χ2v) is 5.99. The Hall–Kier alpha value is -1.27. The first-order valence-electron chi connectivity index (χ1n) is 6.47. The number of halogens is 1. The van der Waals surface area contributed by atoms with Crippen molar-refractivity contribution in [3.8, 4) is 0 Å². The van der Waals surface area contributed by atoms with Crippen molar-refractivity contribution in [3.05, 3.63) is 40.1 Å². The lowest BCUT2D eigenvalue weighted by Gasteiger charge is -2.37. The number of tetrazole rings is 1. The van der Waals surface area contributed by atoms with E-state index in [9.17, 15) is 0 Å². The Morgan fingerprint density at radius 1 is 1.42 bits per heavy atom. The van der Waals surface area contributed by atoms with E-state index in [1.165, 1.54) is 18.4 Å². The van der Waals surface area contributed by atoms with E-state index in [2.05, 4.69) is 73.1 Å². The van der Waals surface area contributed by atoms with E-state index in [1.807, 2.05) is 0 Å². The summed E-state index contributed by atoms with van der Waals surface area (Å²) < 4.78 is 1.15. The minimum atomic E-state index is 0.146. The van der Waals surface area contributed by atoms with Crippen molar-refractivity contribution in [1.82, 2.24) is 25.9 Å². The number of hydrogen-bond acceptors (Lipinski definition) is 4. The molecule has 1 aromatic heterocycles. The average Bonchev–Trinajstić information content (AvgIpc) is 2.86. The van der Waals surface area contributed by atoms with Gasteiger partial charge in [0.1, 0.15) is 0 Å². The summed E-state index contributed by atoms with van der Waals surface area (Å²) in [7, 11) is 0. The monoisotopic (exact) mass is 321 g/mol. The second-order valence-electron chi connectivity index (χ2n) is 5.08. The summed E-state index contributed by atoms with van der Waals surface area (Å²) in [5.74, 6) is 1.39. The summed E-state index contributed by atoms with van der Waals surface area (Å²) in [6.45, 7) is 2.07. The molecule has 0 amide bonds. The minimum Gasteiger partial charge on any atom is -0.305 e. The van der Waals surface area contributed by atoms with Crippen LogP contribution in [0.5, 0.6) is 0 Å². The third-order valence-electron chi connectivity index (χ3n) is 3.69. The van der Waals surface area contributed by atoms with Crippen molar-refractivity contribution in [3.63, 3.8) is 0 Å². The molecule has 0 spiro atoms. The van der Waals surface area contributed by atoms with Gasteiger partial charge in [0.15, 0.2) is 5.82 Å². The zero-order valence-electron chi connectivity index (χ0n) is 10.7. The van der Waals surface area contributed by atoms with Crippen molar-refractivity contribution in [2.45, 2.75) is 37.8 Å².